The largest absolute Gasteiger partial charge is 0.290 e. The van der Waals surface area contributed by atoms with E-state index in [-0.39, 0.29) is 5.91 Å². The van der Waals surface area contributed by atoms with Crippen molar-refractivity contribution in [3.05, 3.63) is 35.4 Å². The minimum absolute atomic E-state index is 0.170. The predicted octanol–water partition coefficient (Wildman–Crippen LogP) is 2.84. The van der Waals surface area contributed by atoms with Crippen LogP contribution in [0.15, 0.2) is 29.3 Å². The summed E-state index contributed by atoms with van der Waals surface area (Å²) >= 11 is 1.66. The molecule has 2 rings (SSSR count). The van der Waals surface area contributed by atoms with E-state index in [2.05, 4.69) is 24.0 Å². The van der Waals surface area contributed by atoms with Gasteiger partial charge in [0.1, 0.15) is 0 Å². The molecule has 1 amide bonds. The lowest BCUT2D eigenvalue weighted by Gasteiger charge is -2.17. The summed E-state index contributed by atoms with van der Waals surface area (Å²) in [5, 5.41) is 0.880. The molecule has 1 heterocycles. The first-order valence-electron chi connectivity index (χ1n) is 6.24. The maximum Gasteiger partial charge on any atom is 0.228 e. The highest BCUT2D eigenvalue weighted by molar-refractivity contribution is 8.13. The number of nitrogens with zero attached hydrogens (tertiary/aromatic N) is 2. The van der Waals surface area contributed by atoms with Crippen LogP contribution in [-0.4, -0.2) is 29.1 Å². The first kappa shape index (κ1) is 13.1. The lowest BCUT2D eigenvalue weighted by atomic mass is 10.1. The standard InChI is InChI=1S/C14H18N2OS/c1-3-13(17)16-9-8-15-14(16)18-10-12-7-5-4-6-11(12)2/h4-7H,3,8-10H2,1-2H3. The Balaban J connectivity index is 1.98. The summed E-state index contributed by atoms with van der Waals surface area (Å²) in [5.41, 5.74) is 2.60. The van der Waals surface area contributed by atoms with E-state index in [4.69, 9.17) is 0 Å². The van der Waals surface area contributed by atoms with Crippen molar-refractivity contribution in [3.8, 4) is 0 Å². The van der Waals surface area contributed by atoms with E-state index in [9.17, 15) is 4.79 Å². The molecule has 0 atom stereocenters. The van der Waals surface area contributed by atoms with Crippen LogP contribution in [0.2, 0.25) is 0 Å². The number of hydrogen-bond donors (Lipinski definition) is 0. The number of hydrogen-bond acceptors (Lipinski definition) is 3. The van der Waals surface area contributed by atoms with Crippen LogP contribution in [0.3, 0.4) is 0 Å². The Labute approximate surface area is 112 Å². The first-order chi connectivity index (χ1) is 8.72. The number of rotatable bonds is 3. The van der Waals surface area contributed by atoms with Gasteiger partial charge in [-0.05, 0) is 18.1 Å². The Morgan fingerprint density at radius 2 is 2.22 bits per heavy atom. The third-order valence-electron chi connectivity index (χ3n) is 3.02. The summed E-state index contributed by atoms with van der Waals surface area (Å²) in [6.07, 6.45) is 0.546. The van der Waals surface area contributed by atoms with Crippen LogP contribution in [0.5, 0.6) is 0 Å². The Morgan fingerprint density at radius 1 is 1.44 bits per heavy atom. The van der Waals surface area contributed by atoms with E-state index in [0.29, 0.717) is 6.42 Å². The fourth-order valence-corrected chi connectivity index (χ4v) is 3.03. The monoisotopic (exact) mass is 262 g/mol. The third-order valence-corrected chi connectivity index (χ3v) is 4.09. The van der Waals surface area contributed by atoms with Gasteiger partial charge in [-0.25, -0.2) is 0 Å². The van der Waals surface area contributed by atoms with E-state index < -0.39 is 0 Å². The molecule has 4 heteroatoms. The van der Waals surface area contributed by atoms with Gasteiger partial charge in [-0.15, -0.1) is 0 Å². The molecule has 0 aliphatic carbocycles. The molecule has 1 aromatic carbocycles. The van der Waals surface area contributed by atoms with Crippen molar-refractivity contribution in [3.63, 3.8) is 0 Å². The average Bonchev–Trinajstić information content (AvgIpc) is 2.85. The van der Waals surface area contributed by atoms with Gasteiger partial charge in [0, 0.05) is 18.7 Å². The molecule has 0 saturated heterocycles. The maximum absolute atomic E-state index is 11.7. The van der Waals surface area contributed by atoms with Crippen molar-refractivity contribution in [2.45, 2.75) is 26.0 Å². The number of aliphatic imine (C=N–C) groups is 1. The second-order valence-corrected chi connectivity index (χ2v) is 5.22. The molecule has 0 saturated carbocycles. The summed E-state index contributed by atoms with van der Waals surface area (Å²) in [5.74, 6) is 1.04. The molecule has 3 nitrogen and oxygen atoms in total. The highest BCUT2D eigenvalue weighted by Crippen LogP contribution is 2.21. The Morgan fingerprint density at radius 3 is 2.94 bits per heavy atom. The molecule has 1 aromatic rings. The molecule has 96 valence electrons. The summed E-state index contributed by atoms with van der Waals surface area (Å²) in [6, 6.07) is 8.34. The van der Waals surface area contributed by atoms with Crippen LogP contribution >= 0.6 is 11.8 Å². The van der Waals surface area contributed by atoms with Crippen molar-refractivity contribution in [1.29, 1.82) is 0 Å². The molecule has 18 heavy (non-hydrogen) atoms. The van der Waals surface area contributed by atoms with Crippen LogP contribution in [0.25, 0.3) is 0 Å². The quantitative estimate of drug-likeness (QED) is 0.839. The fraction of sp³-hybridized carbons (Fsp3) is 0.429. The molecular weight excluding hydrogens is 244 g/mol. The minimum Gasteiger partial charge on any atom is -0.290 e. The number of amidine groups is 1. The molecule has 0 unspecified atom stereocenters. The second-order valence-electron chi connectivity index (χ2n) is 4.28. The van der Waals surface area contributed by atoms with Crippen LogP contribution in [0, 0.1) is 6.92 Å². The van der Waals surface area contributed by atoms with Crippen molar-refractivity contribution in [2.24, 2.45) is 4.99 Å². The fourth-order valence-electron chi connectivity index (χ4n) is 1.89. The lowest BCUT2D eigenvalue weighted by molar-refractivity contribution is -0.126. The topological polar surface area (TPSA) is 32.7 Å². The molecule has 1 aliphatic heterocycles. The minimum atomic E-state index is 0.170. The van der Waals surface area contributed by atoms with Gasteiger partial charge in [0.2, 0.25) is 5.91 Å². The SMILES string of the molecule is CCC(=O)N1CCN=C1SCc1ccccc1C. The number of aryl methyl sites for hydroxylation is 1. The predicted molar refractivity (Wildman–Crippen MR) is 76.8 cm³/mol. The normalized spacial score (nSPS) is 14.8. The highest BCUT2D eigenvalue weighted by Gasteiger charge is 2.22. The van der Waals surface area contributed by atoms with E-state index >= 15 is 0 Å². The zero-order valence-corrected chi connectivity index (χ0v) is 11.7. The maximum atomic E-state index is 11.7. The Kier molecular flexibility index (Phi) is 4.42. The number of carbonyl (C=O) groups excluding carboxylic acids is 1. The molecule has 0 aromatic heterocycles. The molecule has 0 radical (unpaired) electrons. The van der Waals surface area contributed by atoms with Gasteiger partial charge in [-0.2, -0.15) is 0 Å². The number of carbonyl (C=O) groups is 1. The van der Waals surface area contributed by atoms with Gasteiger partial charge < -0.3 is 0 Å². The molecular formula is C14H18N2OS. The van der Waals surface area contributed by atoms with E-state index in [1.165, 1.54) is 11.1 Å². The van der Waals surface area contributed by atoms with Crippen molar-refractivity contribution < 1.29 is 4.79 Å². The number of benzene rings is 1. The molecule has 1 aliphatic rings. The zero-order chi connectivity index (χ0) is 13.0. The summed E-state index contributed by atoms with van der Waals surface area (Å²) in [6.45, 7) is 5.48. The van der Waals surface area contributed by atoms with Gasteiger partial charge >= 0.3 is 0 Å². The van der Waals surface area contributed by atoms with Crippen LogP contribution in [0.4, 0.5) is 0 Å². The van der Waals surface area contributed by atoms with Crippen molar-refractivity contribution in [1.82, 2.24) is 4.90 Å². The van der Waals surface area contributed by atoms with E-state index in [0.717, 1.165) is 24.0 Å². The summed E-state index contributed by atoms with van der Waals surface area (Å²) in [4.78, 5) is 18.0. The molecule has 0 bridgehead atoms. The first-order valence-corrected chi connectivity index (χ1v) is 7.23. The van der Waals surface area contributed by atoms with Gasteiger partial charge in [0.15, 0.2) is 5.17 Å². The lowest BCUT2D eigenvalue weighted by Crippen LogP contribution is -2.32. The van der Waals surface area contributed by atoms with Crippen molar-refractivity contribution >= 4 is 22.8 Å². The number of amides is 1. The van der Waals surface area contributed by atoms with E-state index in [1.54, 1.807) is 11.8 Å². The molecule has 0 N–H and O–H groups in total. The highest BCUT2D eigenvalue weighted by atomic mass is 32.2. The van der Waals surface area contributed by atoms with Gasteiger partial charge in [0.25, 0.3) is 0 Å². The second kappa shape index (κ2) is 6.05. The summed E-state index contributed by atoms with van der Waals surface area (Å²) < 4.78 is 0. The van der Waals surface area contributed by atoms with E-state index in [1.807, 2.05) is 24.0 Å². The van der Waals surface area contributed by atoms with Crippen LogP contribution in [-0.2, 0) is 10.5 Å². The van der Waals surface area contributed by atoms with Crippen LogP contribution < -0.4 is 0 Å². The van der Waals surface area contributed by atoms with Gasteiger partial charge in [-0.3, -0.25) is 14.7 Å². The molecule has 0 spiro atoms. The van der Waals surface area contributed by atoms with Crippen molar-refractivity contribution in [2.75, 3.05) is 13.1 Å². The Bertz CT molecular complexity index is 471. The smallest absolute Gasteiger partial charge is 0.228 e. The Hall–Kier alpha value is -1.29. The van der Waals surface area contributed by atoms with Crippen LogP contribution in [0.1, 0.15) is 24.5 Å². The summed E-state index contributed by atoms with van der Waals surface area (Å²) in [7, 11) is 0. The third kappa shape index (κ3) is 2.93. The number of thioether (sulfide) groups is 1. The van der Waals surface area contributed by atoms with Gasteiger partial charge in [0.05, 0.1) is 6.54 Å². The van der Waals surface area contributed by atoms with Gasteiger partial charge in [-0.1, -0.05) is 43.0 Å². The zero-order valence-electron chi connectivity index (χ0n) is 10.8. The molecule has 0 fully saturated rings. The average molecular weight is 262 g/mol.